The molecule has 1 aliphatic heterocycles. The topological polar surface area (TPSA) is 80.6 Å². The zero-order valence-electron chi connectivity index (χ0n) is 19.1. The normalized spacial score (nSPS) is 17.0. The number of pyridine rings is 1. The minimum atomic E-state index is -0.533. The lowest BCUT2D eigenvalue weighted by Gasteiger charge is -2.37. The van der Waals surface area contributed by atoms with Crippen LogP contribution in [0.3, 0.4) is 0 Å². The van der Waals surface area contributed by atoms with Crippen molar-refractivity contribution in [1.82, 2.24) is 24.3 Å². The van der Waals surface area contributed by atoms with E-state index in [1.807, 2.05) is 51.8 Å². The molecule has 1 fully saturated rings. The van der Waals surface area contributed by atoms with Crippen LogP contribution in [0.5, 0.6) is 0 Å². The number of rotatable bonds is 5. The quantitative estimate of drug-likeness (QED) is 0.726. The van der Waals surface area contributed by atoms with Crippen LogP contribution in [0.1, 0.15) is 57.8 Å². The summed E-state index contributed by atoms with van der Waals surface area (Å²) in [5.74, 6) is 0.907. The van der Waals surface area contributed by atoms with Gasteiger partial charge in [-0.1, -0.05) is 0 Å². The second-order valence-corrected chi connectivity index (χ2v) is 9.36. The molecule has 1 saturated heterocycles. The third-order valence-electron chi connectivity index (χ3n) is 5.28. The number of piperidine rings is 1. The number of aromatic nitrogens is 3. The van der Waals surface area contributed by atoms with Gasteiger partial charge in [0.25, 0.3) is 5.91 Å². The highest BCUT2D eigenvalue weighted by atomic mass is 16.6. The molecule has 0 N–H and O–H groups in total. The maximum absolute atomic E-state index is 13.0. The summed E-state index contributed by atoms with van der Waals surface area (Å²) in [6, 6.07) is 3.65. The summed E-state index contributed by atoms with van der Waals surface area (Å²) in [5.41, 5.74) is 0.0339. The van der Waals surface area contributed by atoms with E-state index in [0.717, 1.165) is 18.7 Å². The van der Waals surface area contributed by atoms with E-state index in [-0.39, 0.29) is 24.0 Å². The Morgan fingerprint density at radius 2 is 2.06 bits per heavy atom. The fourth-order valence-electron chi connectivity index (χ4n) is 3.74. The molecule has 3 rings (SSSR count). The Morgan fingerprint density at radius 1 is 1.29 bits per heavy atom. The monoisotopic (exact) mass is 427 g/mol. The van der Waals surface area contributed by atoms with Crippen molar-refractivity contribution in [2.24, 2.45) is 5.92 Å². The van der Waals surface area contributed by atoms with Crippen LogP contribution >= 0.6 is 0 Å². The predicted octanol–water partition coefficient (Wildman–Crippen LogP) is 3.77. The summed E-state index contributed by atoms with van der Waals surface area (Å²) in [6.45, 7) is 11.5. The van der Waals surface area contributed by atoms with Gasteiger partial charge in [-0.25, -0.2) is 14.8 Å². The molecule has 3 heterocycles. The summed E-state index contributed by atoms with van der Waals surface area (Å²) < 4.78 is 7.37. The van der Waals surface area contributed by atoms with Gasteiger partial charge in [0.1, 0.15) is 17.7 Å². The number of hydrogen-bond acceptors (Lipinski definition) is 5. The van der Waals surface area contributed by atoms with Crippen molar-refractivity contribution < 1.29 is 14.3 Å². The van der Waals surface area contributed by atoms with Crippen molar-refractivity contribution in [1.29, 1.82) is 0 Å². The maximum atomic E-state index is 13.0. The van der Waals surface area contributed by atoms with Crippen molar-refractivity contribution in [3.63, 3.8) is 0 Å². The van der Waals surface area contributed by atoms with Crippen LogP contribution in [0.2, 0.25) is 0 Å². The van der Waals surface area contributed by atoms with Gasteiger partial charge < -0.3 is 14.5 Å². The van der Waals surface area contributed by atoms with Crippen LogP contribution in [-0.2, 0) is 4.74 Å². The lowest BCUT2D eigenvalue weighted by atomic mass is 9.96. The smallest absolute Gasteiger partial charge is 0.410 e. The molecule has 1 unspecified atom stereocenters. The minimum Gasteiger partial charge on any atom is -0.444 e. The fraction of sp³-hybridized carbons (Fsp3) is 0.565. The predicted molar refractivity (Wildman–Crippen MR) is 118 cm³/mol. The van der Waals surface area contributed by atoms with E-state index in [9.17, 15) is 9.59 Å². The molecule has 168 valence electrons. The Kier molecular flexibility index (Phi) is 6.97. The van der Waals surface area contributed by atoms with Gasteiger partial charge in [-0.15, -0.1) is 0 Å². The number of nitrogens with zero attached hydrogens (tertiary/aromatic N) is 5. The lowest BCUT2D eigenvalue weighted by Crippen LogP contribution is -2.48. The van der Waals surface area contributed by atoms with Crippen LogP contribution in [0, 0.1) is 5.92 Å². The lowest BCUT2D eigenvalue weighted by molar-refractivity contribution is 0.0124. The van der Waals surface area contributed by atoms with E-state index < -0.39 is 5.60 Å². The third-order valence-corrected chi connectivity index (χ3v) is 5.28. The molecule has 0 radical (unpaired) electrons. The van der Waals surface area contributed by atoms with E-state index in [1.54, 1.807) is 34.3 Å². The third kappa shape index (κ3) is 6.06. The first-order valence-corrected chi connectivity index (χ1v) is 10.9. The minimum absolute atomic E-state index is 0.0252. The van der Waals surface area contributed by atoms with Crippen molar-refractivity contribution in [2.75, 3.05) is 19.6 Å². The Morgan fingerprint density at radius 3 is 2.65 bits per heavy atom. The molecule has 31 heavy (non-hydrogen) atoms. The Labute approximate surface area is 184 Å². The molecule has 0 bridgehead atoms. The Balaban J connectivity index is 1.63. The van der Waals surface area contributed by atoms with Gasteiger partial charge in [0.05, 0.1) is 5.56 Å². The molecule has 0 aromatic carbocycles. The van der Waals surface area contributed by atoms with Crippen LogP contribution in [0.4, 0.5) is 4.79 Å². The molecule has 1 aliphatic rings. The standard InChI is InChI=1S/C23H33N5O3/c1-17(2)28(22(30)31-23(3,4)5)15-18-7-6-11-26(14-18)21(29)19-8-9-20(25-13-19)27-12-10-24-16-27/h8-10,12-13,16-18H,6-7,11,14-15H2,1-5H3. The van der Waals surface area contributed by atoms with Gasteiger partial charge in [-0.2, -0.15) is 0 Å². The first-order valence-electron chi connectivity index (χ1n) is 10.9. The SMILES string of the molecule is CC(C)N(CC1CCCN(C(=O)c2ccc(-n3ccnc3)nc2)C1)C(=O)OC(C)(C)C. The number of ether oxygens (including phenoxy) is 1. The second-order valence-electron chi connectivity index (χ2n) is 9.36. The van der Waals surface area contributed by atoms with Gasteiger partial charge in [-0.05, 0) is 65.5 Å². The summed E-state index contributed by atoms with van der Waals surface area (Å²) >= 11 is 0. The zero-order valence-corrected chi connectivity index (χ0v) is 19.1. The average Bonchev–Trinajstić information content (AvgIpc) is 3.25. The summed E-state index contributed by atoms with van der Waals surface area (Å²) in [6.07, 6.45) is 8.37. The Hall–Kier alpha value is -2.90. The Bertz CT molecular complexity index is 872. The van der Waals surface area contributed by atoms with Crippen LogP contribution in [-0.4, -0.2) is 67.6 Å². The molecule has 1 atom stereocenters. The number of amides is 2. The number of carbonyl (C=O) groups excluding carboxylic acids is 2. The highest BCUT2D eigenvalue weighted by Gasteiger charge is 2.30. The second kappa shape index (κ2) is 9.49. The molecule has 8 heteroatoms. The zero-order chi connectivity index (χ0) is 22.6. The molecular weight excluding hydrogens is 394 g/mol. The molecule has 2 amide bonds. The molecule has 8 nitrogen and oxygen atoms in total. The highest BCUT2D eigenvalue weighted by molar-refractivity contribution is 5.94. The van der Waals surface area contributed by atoms with Crippen molar-refractivity contribution >= 4 is 12.0 Å². The fourth-order valence-corrected chi connectivity index (χ4v) is 3.74. The summed E-state index contributed by atoms with van der Waals surface area (Å²) in [7, 11) is 0. The van der Waals surface area contributed by atoms with Gasteiger partial charge in [-0.3, -0.25) is 9.36 Å². The van der Waals surface area contributed by atoms with Crippen molar-refractivity contribution in [3.8, 4) is 5.82 Å². The van der Waals surface area contributed by atoms with Gasteiger partial charge in [0.15, 0.2) is 0 Å². The van der Waals surface area contributed by atoms with Crippen LogP contribution in [0.15, 0.2) is 37.1 Å². The average molecular weight is 428 g/mol. The van der Waals surface area contributed by atoms with Gasteiger partial charge in [0, 0.05) is 44.3 Å². The van der Waals surface area contributed by atoms with E-state index in [0.29, 0.717) is 25.2 Å². The molecule has 2 aromatic rings. The van der Waals surface area contributed by atoms with Crippen LogP contribution in [0.25, 0.3) is 5.82 Å². The first kappa shape index (κ1) is 22.8. The van der Waals surface area contributed by atoms with E-state index in [2.05, 4.69) is 9.97 Å². The van der Waals surface area contributed by atoms with Crippen molar-refractivity contribution in [2.45, 2.75) is 59.1 Å². The molecular formula is C23H33N5O3. The van der Waals surface area contributed by atoms with Gasteiger partial charge >= 0.3 is 6.09 Å². The molecule has 0 spiro atoms. The number of carbonyl (C=O) groups is 2. The van der Waals surface area contributed by atoms with Crippen LogP contribution < -0.4 is 0 Å². The highest BCUT2D eigenvalue weighted by Crippen LogP contribution is 2.22. The first-order chi connectivity index (χ1) is 14.6. The summed E-state index contributed by atoms with van der Waals surface area (Å²) in [5, 5.41) is 0. The molecule has 0 aliphatic carbocycles. The largest absolute Gasteiger partial charge is 0.444 e. The maximum Gasteiger partial charge on any atom is 0.410 e. The van der Waals surface area contributed by atoms with E-state index in [4.69, 9.17) is 4.74 Å². The van der Waals surface area contributed by atoms with E-state index in [1.165, 1.54) is 0 Å². The molecule has 0 saturated carbocycles. The number of hydrogen-bond donors (Lipinski definition) is 0. The summed E-state index contributed by atoms with van der Waals surface area (Å²) in [4.78, 5) is 37.7. The number of likely N-dealkylation sites (tertiary alicyclic amines) is 1. The number of imidazole rings is 1. The molecule has 2 aromatic heterocycles. The van der Waals surface area contributed by atoms with Gasteiger partial charge in [0.2, 0.25) is 0 Å². The van der Waals surface area contributed by atoms with E-state index >= 15 is 0 Å². The van der Waals surface area contributed by atoms with Crippen molar-refractivity contribution in [3.05, 3.63) is 42.6 Å².